The molecular formula is C13H17ClN4S. The van der Waals surface area contributed by atoms with Crippen LogP contribution in [0, 0.1) is 0 Å². The van der Waals surface area contributed by atoms with Gasteiger partial charge in [0, 0.05) is 24.5 Å². The van der Waals surface area contributed by atoms with Crippen LogP contribution >= 0.6 is 23.4 Å². The molecule has 1 N–H and O–H groups in total. The van der Waals surface area contributed by atoms with Gasteiger partial charge in [-0.2, -0.15) is 5.10 Å². The van der Waals surface area contributed by atoms with Crippen LogP contribution in [0.5, 0.6) is 0 Å². The molecule has 0 fully saturated rings. The molecule has 0 radical (unpaired) electrons. The zero-order valence-corrected chi connectivity index (χ0v) is 12.8. The molecule has 0 aliphatic rings. The lowest BCUT2D eigenvalue weighted by atomic mass is 10.2. The minimum atomic E-state index is 0.464. The number of rotatable bonds is 5. The molecule has 1 heterocycles. The van der Waals surface area contributed by atoms with E-state index in [-0.39, 0.29) is 0 Å². The molecule has 2 aromatic rings. The van der Waals surface area contributed by atoms with Gasteiger partial charge in [0.1, 0.15) is 6.33 Å². The van der Waals surface area contributed by atoms with Crippen molar-refractivity contribution in [2.45, 2.75) is 36.5 Å². The Balaban J connectivity index is 2.09. The van der Waals surface area contributed by atoms with Crippen LogP contribution in [-0.4, -0.2) is 20.8 Å². The van der Waals surface area contributed by atoms with Crippen LogP contribution in [0.3, 0.4) is 0 Å². The van der Waals surface area contributed by atoms with Crippen molar-refractivity contribution in [1.29, 1.82) is 0 Å². The van der Waals surface area contributed by atoms with Gasteiger partial charge in [-0.1, -0.05) is 31.5 Å². The van der Waals surface area contributed by atoms with Gasteiger partial charge in [0.25, 0.3) is 0 Å². The number of nitrogens with zero attached hydrogens (tertiary/aromatic N) is 3. The van der Waals surface area contributed by atoms with Gasteiger partial charge >= 0.3 is 0 Å². The van der Waals surface area contributed by atoms with Crippen LogP contribution < -0.4 is 5.32 Å². The molecule has 0 atom stereocenters. The van der Waals surface area contributed by atoms with Crippen molar-refractivity contribution in [3.63, 3.8) is 0 Å². The van der Waals surface area contributed by atoms with Crippen molar-refractivity contribution in [2.24, 2.45) is 7.05 Å². The minimum Gasteiger partial charge on any atom is -0.310 e. The third-order valence-corrected chi connectivity index (χ3v) is 4.13. The lowest BCUT2D eigenvalue weighted by Crippen LogP contribution is -2.21. The molecule has 2 rings (SSSR count). The van der Waals surface area contributed by atoms with Gasteiger partial charge in [-0.05, 0) is 29.5 Å². The highest BCUT2D eigenvalue weighted by Gasteiger charge is 2.08. The van der Waals surface area contributed by atoms with E-state index in [0.29, 0.717) is 6.04 Å². The second-order valence-corrected chi connectivity index (χ2v) is 5.98. The lowest BCUT2D eigenvalue weighted by Gasteiger charge is -2.10. The molecule has 0 unspecified atom stereocenters. The van der Waals surface area contributed by atoms with Gasteiger partial charge in [-0.25, -0.2) is 9.67 Å². The highest BCUT2D eigenvalue weighted by atomic mass is 35.5. The van der Waals surface area contributed by atoms with Crippen LogP contribution in [-0.2, 0) is 13.6 Å². The molecule has 1 aromatic carbocycles. The first-order valence-corrected chi connectivity index (χ1v) is 7.29. The standard InChI is InChI=1S/C13H17ClN4S/c1-9(2)15-7-10-4-5-12(11(14)6-10)19-13-16-8-17-18(13)3/h4-6,8-9,15H,7H2,1-3H3. The summed E-state index contributed by atoms with van der Waals surface area (Å²) in [6, 6.07) is 6.57. The maximum absolute atomic E-state index is 6.31. The van der Waals surface area contributed by atoms with E-state index in [4.69, 9.17) is 11.6 Å². The molecule has 6 heteroatoms. The predicted molar refractivity (Wildman–Crippen MR) is 78.6 cm³/mol. The van der Waals surface area contributed by atoms with Gasteiger partial charge in [0.15, 0.2) is 5.16 Å². The lowest BCUT2D eigenvalue weighted by molar-refractivity contribution is 0.588. The molecule has 0 aliphatic heterocycles. The van der Waals surface area contributed by atoms with Gasteiger partial charge in [-0.15, -0.1) is 0 Å². The fourth-order valence-electron chi connectivity index (χ4n) is 1.54. The molecule has 0 saturated carbocycles. The summed E-state index contributed by atoms with van der Waals surface area (Å²) in [5.74, 6) is 0. The van der Waals surface area contributed by atoms with E-state index in [9.17, 15) is 0 Å². The zero-order chi connectivity index (χ0) is 13.8. The monoisotopic (exact) mass is 296 g/mol. The molecule has 102 valence electrons. The van der Waals surface area contributed by atoms with Crippen molar-refractivity contribution in [3.8, 4) is 0 Å². The summed E-state index contributed by atoms with van der Waals surface area (Å²) in [6.07, 6.45) is 1.54. The fraction of sp³-hybridized carbons (Fsp3) is 0.385. The summed E-state index contributed by atoms with van der Waals surface area (Å²) in [7, 11) is 1.87. The summed E-state index contributed by atoms with van der Waals surface area (Å²) < 4.78 is 1.73. The van der Waals surface area contributed by atoms with E-state index in [2.05, 4.69) is 35.3 Å². The van der Waals surface area contributed by atoms with Gasteiger partial charge in [0.2, 0.25) is 0 Å². The highest BCUT2D eigenvalue weighted by Crippen LogP contribution is 2.32. The third kappa shape index (κ3) is 3.96. The van der Waals surface area contributed by atoms with Crippen molar-refractivity contribution >= 4 is 23.4 Å². The average Bonchev–Trinajstić information content (AvgIpc) is 2.75. The minimum absolute atomic E-state index is 0.464. The van der Waals surface area contributed by atoms with Crippen LogP contribution in [0.25, 0.3) is 0 Å². The van der Waals surface area contributed by atoms with Crippen molar-refractivity contribution < 1.29 is 0 Å². The summed E-state index contributed by atoms with van der Waals surface area (Å²) in [5.41, 5.74) is 1.18. The molecule has 0 saturated heterocycles. The molecule has 0 amide bonds. The molecule has 1 aromatic heterocycles. The second kappa shape index (κ2) is 6.41. The number of hydrogen-bond acceptors (Lipinski definition) is 4. The molecular weight excluding hydrogens is 280 g/mol. The van der Waals surface area contributed by atoms with Crippen LogP contribution in [0.2, 0.25) is 5.02 Å². The second-order valence-electron chi connectivity index (χ2n) is 4.57. The molecule has 0 aliphatic carbocycles. The van der Waals surface area contributed by atoms with E-state index in [1.807, 2.05) is 19.2 Å². The summed E-state index contributed by atoms with van der Waals surface area (Å²) in [4.78, 5) is 5.17. The quantitative estimate of drug-likeness (QED) is 0.920. The van der Waals surface area contributed by atoms with E-state index >= 15 is 0 Å². The zero-order valence-electron chi connectivity index (χ0n) is 11.2. The smallest absolute Gasteiger partial charge is 0.190 e. The number of benzene rings is 1. The number of aryl methyl sites for hydroxylation is 1. The van der Waals surface area contributed by atoms with Gasteiger partial charge in [-0.3, -0.25) is 0 Å². The van der Waals surface area contributed by atoms with Crippen LogP contribution in [0.1, 0.15) is 19.4 Å². The largest absolute Gasteiger partial charge is 0.310 e. The Morgan fingerprint density at radius 2 is 2.21 bits per heavy atom. The Kier molecular flexibility index (Phi) is 4.85. The van der Waals surface area contributed by atoms with Crippen LogP contribution in [0.4, 0.5) is 0 Å². The topological polar surface area (TPSA) is 42.7 Å². The Morgan fingerprint density at radius 1 is 1.42 bits per heavy atom. The maximum atomic E-state index is 6.31. The van der Waals surface area contributed by atoms with Crippen molar-refractivity contribution in [2.75, 3.05) is 0 Å². The summed E-state index contributed by atoms with van der Waals surface area (Å²) in [5, 5.41) is 8.99. The van der Waals surface area contributed by atoms with Crippen LogP contribution in [0.15, 0.2) is 34.6 Å². The highest BCUT2D eigenvalue weighted by molar-refractivity contribution is 7.99. The number of aromatic nitrogens is 3. The Hall–Kier alpha value is -1.04. The van der Waals surface area contributed by atoms with E-state index in [1.54, 1.807) is 4.68 Å². The Morgan fingerprint density at radius 3 is 2.79 bits per heavy atom. The summed E-state index contributed by atoms with van der Waals surface area (Å²) in [6.45, 7) is 5.08. The first kappa shape index (κ1) is 14.4. The normalized spacial score (nSPS) is 11.2. The average molecular weight is 297 g/mol. The number of nitrogens with one attached hydrogen (secondary N) is 1. The molecule has 0 spiro atoms. The van der Waals surface area contributed by atoms with Gasteiger partial charge < -0.3 is 5.32 Å². The molecule has 0 bridgehead atoms. The number of hydrogen-bond donors (Lipinski definition) is 1. The molecule has 4 nitrogen and oxygen atoms in total. The van der Waals surface area contributed by atoms with E-state index in [0.717, 1.165) is 21.6 Å². The summed E-state index contributed by atoms with van der Waals surface area (Å²) >= 11 is 7.83. The Bertz CT molecular complexity index is 553. The van der Waals surface area contributed by atoms with E-state index in [1.165, 1.54) is 23.7 Å². The Labute approximate surface area is 122 Å². The van der Waals surface area contributed by atoms with Crippen molar-refractivity contribution in [1.82, 2.24) is 20.1 Å². The first-order chi connectivity index (χ1) is 9.06. The molecule has 19 heavy (non-hydrogen) atoms. The maximum Gasteiger partial charge on any atom is 0.190 e. The number of halogens is 1. The van der Waals surface area contributed by atoms with Crippen molar-refractivity contribution in [3.05, 3.63) is 35.1 Å². The SMILES string of the molecule is CC(C)NCc1ccc(Sc2ncnn2C)c(Cl)c1. The first-order valence-electron chi connectivity index (χ1n) is 6.10. The fourth-order valence-corrected chi connectivity index (χ4v) is 2.62. The third-order valence-electron chi connectivity index (χ3n) is 2.58. The predicted octanol–water partition coefficient (Wildman–Crippen LogP) is 3.12. The van der Waals surface area contributed by atoms with E-state index < -0.39 is 0 Å². The van der Waals surface area contributed by atoms with Gasteiger partial charge in [0.05, 0.1) is 5.02 Å².